The summed E-state index contributed by atoms with van der Waals surface area (Å²) in [5.74, 6) is -0.0653. The van der Waals surface area contributed by atoms with Crippen LogP contribution in [0.2, 0.25) is 0 Å². The Balaban J connectivity index is 2.15. The first-order chi connectivity index (χ1) is 11.0. The first-order valence-corrected chi connectivity index (χ1v) is 8.59. The Labute approximate surface area is 141 Å². The lowest BCUT2D eigenvalue weighted by Gasteiger charge is -2.18. The first kappa shape index (κ1) is 17.6. The molecule has 5 nitrogen and oxygen atoms in total. The number of amides is 1. The van der Waals surface area contributed by atoms with Crippen molar-refractivity contribution in [1.29, 1.82) is 0 Å². The van der Waals surface area contributed by atoms with Gasteiger partial charge in [-0.3, -0.25) is 9.69 Å². The van der Waals surface area contributed by atoms with Gasteiger partial charge in [0.2, 0.25) is 5.91 Å². The molecular weight excluding hydrogens is 310 g/mol. The maximum atomic E-state index is 12.0. The summed E-state index contributed by atoms with van der Waals surface area (Å²) in [5.41, 5.74) is 2.84. The number of nitrogens with one attached hydrogen (secondary N) is 1. The Morgan fingerprint density at radius 2 is 2.09 bits per heavy atom. The minimum atomic E-state index is -0.0653. The van der Waals surface area contributed by atoms with E-state index in [1.54, 1.807) is 4.90 Å². The molecule has 1 atom stereocenters. The Kier molecular flexibility index (Phi) is 6.27. The third kappa shape index (κ3) is 4.60. The van der Waals surface area contributed by atoms with E-state index < -0.39 is 0 Å². The quantitative estimate of drug-likeness (QED) is 0.817. The molecule has 6 heteroatoms. The van der Waals surface area contributed by atoms with Crippen LogP contribution in [0.15, 0.2) is 29.6 Å². The van der Waals surface area contributed by atoms with Gasteiger partial charge in [0.15, 0.2) is 5.13 Å². The number of nitrogens with zero attached hydrogens (tertiary/aromatic N) is 2. The monoisotopic (exact) mass is 333 g/mol. The fraction of sp³-hybridized carbons (Fsp3) is 0.412. The van der Waals surface area contributed by atoms with Gasteiger partial charge in [0, 0.05) is 24.9 Å². The van der Waals surface area contributed by atoms with Crippen LogP contribution >= 0.6 is 11.3 Å². The Morgan fingerprint density at radius 1 is 1.39 bits per heavy atom. The van der Waals surface area contributed by atoms with Crippen LogP contribution in [0.5, 0.6) is 0 Å². The summed E-state index contributed by atoms with van der Waals surface area (Å²) in [6, 6.07) is 7.88. The second-order valence-electron chi connectivity index (χ2n) is 5.48. The van der Waals surface area contributed by atoms with Crippen molar-refractivity contribution in [3.8, 4) is 0 Å². The summed E-state index contributed by atoms with van der Waals surface area (Å²) in [7, 11) is 0. The fourth-order valence-electron chi connectivity index (χ4n) is 2.19. The number of aryl methyl sites for hydroxylation is 1. The van der Waals surface area contributed by atoms with E-state index in [0.29, 0.717) is 11.7 Å². The molecule has 2 aromatic rings. The summed E-state index contributed by atoms with van der Waals surface area (Å²) in [6.07, 6.45) is 0.858. The Hall–Kier alpha value is -1.76. The van der Waals surface area contributed by atoms with Crippen molar-refractivity contribution < 1.29 is 9.90 Å². The van der Waals surface area contributed by atoms with Crippen LogP contribution in [0.3, 0.4) is 0 Å². The van der Waals surface area contributed by atoms with Crippen molar-refractivity contribution >= 4 is 28.1 Å². The van der Waals surface area contributed by atoms with Crippen molar-refractivity contribution in [2.45, 2.75) is 39.8 Å². The maximum absolute atomic E-state index is 12.0. The van der Waals surface area contributed by atoms with Crippen molar-refractivity contribution in [1.82, 2.24) is 10.3 Å². The van der Waals surface area contributed by atoms with E-state index in [1.165, 1.54) is 18.3 Å². The van der Waals surface area contributed by atoms with Gasteiger partial charge in [-0.1, -0.05) is 24.6 Å². The molecule has 0 fully saturated rings. The molecule has 1 unspecified atom stereocenters. The highest BCUT2D eigenvalue weighted by Crippen LogP contribution is 2.29. The zero-order valence-corrected chi connectivity index (χ0v) is 14.6. The van der Waals surface area contributed by atoms with Crippen molar-refractivity contribution in [3.63, 3.8) is 0 Å². The summed E-state index contributed by atoms with van der Waals surface area (Å²) in [6.45, 7) is 6.26. The Bertz CT molecular complexity index is 636. The zero-order chi connectivity index (χ0) is 16.8. The fourth-order valence-corrected chi connectivity index (χ4v) is 3.07. The van der Waals surface area contributed by atoms with Crippen LogP contribution in [-0.4, -0.2) is 28.6 Å². The molecule has 2 rings (SSSR count). The van der Waals surface area contributed by atoms with Gasteiger partial charge in [0.25, 0.3) is 0 Å². The van der Waals surface area contributed by atoms with E-state index in [2.05, 4.69) is 10.3 Å². The van der Waals surface area contributed by atoms with E-state index in [0.717, 1.165) is 23.4 Å². The largest absolute Gasteiger partial charge is 0.395 e. The van der Waals surface area contributed by atoms with Gasteiger partial charge < -0.3 is 10.4 Å². The molecule has 0 bridgehead atoms. The van der Waals surface area contributed by atoms with Crippen LogP contribution in [0.1, 0.15) is 31.5 Å². The molecule has 2 N–H and O–H groups in total. The molecular formula is C17H23N3O2S. The molecule has 1 heterocycles. The molecule has 23 heavy (non-hydrogen) atoms. The molecule has 0 radical (unpaired) electrons. The van der Waals surface area contributed by atoms with Gasteiger partial charge in [0.1, 0.15) is 0 Å². The third-order valence-corrected chi connectivity index (χ3v) is 4.50. The first-order valence-electron chi connectivity index (χ1n) is 7.71. The average molecular weight is 333 g/mol. The second kappa shape index (κ2) is 8.19. The van der Waals surface area contributed by atoms with Gasteiger partial charge in [0.05, 0.1) is 18.0 Å². The van der Waals surface area contributed by atoms with Crippen LogP contribution in [0.4, 0.5) is 10.8 Å². The maximum Gasteiger partial charge on any atom is 0.230 e. The SMILES string of the molecule is CCC(CO)NCc1csc(N(C(C)=O)c2ccc(C)cc2)n1. The minimum absolute atomic E-state index is 0.0653. The molecule has 0 spiro atoms. The summed E-state index contributed by atoms with van der Waals surface area (Å²) < 4.78 is 0. The Morgan fingerprint density at radius 3 is 2.65 bits per heavy atom. The number of thiazole rings is 1. The number of aliphatic hydroxyl groups excluding tert-OH is 1. The van der Waals surface area contributed by atoms with E-state index in [9.17, 15) is 9.90 Å². The zero-order valence-electron chi connectivity index (χ0n) is 13.7. The molecule has 0 aliphatic heterocycles. The van der Waals surface area contributed by atoms with Gasteiger partial charge in [-0.2, -0.15) is 0 Å². The van der Waals surface area contributed by atoms with E-state index in [-0.39, 0.29) is 18.6 Å². The number of carbonyl (C=O) groups excluding carboxylic acids is 1. The predicted molar refractivity (Wildman–Crippen MR) is 94.1 cm³/mol. The van der Waals surface area contributed by atoms with E-state index in [1.807, 2.05) is 43.5 Å². The van der Waals surface area contributed by atoms with Gasteiger partial charge in [-0.25, -0.2) is 4.98 Å². The number of hydrogen-bond acceptors (Lipinski definition) is 5. The molecule has 1 aromatic heterocycles. The van der Waals surface area contributed by atoms with Crippen LogP contribution in [0.25, 0.3) is 0 Å². The van der Waals surface area contributed by atoms with Gasteiger partial charge in [-0.15, -0.1) is 11.3 Å². The molecule has 0 aliphatic carbocycles. The molecule has 0 saturated carbocycles. The summed E-state index contributed by atoms with van der Waals surface area (Å²) in [4.78, 5) is 18.2. The third-order valence-electron chi connectivity index (χ3n) is 3.62. The van der Waals surface area contributed by atoms with Crippen molar-refractivity contribution in [2.24, 2.45) is 0 Å². The van der Waals surface area contributed by atoms with E-state index in [4.69, 9.17) is 0 Å². The molecule has 1 amide bonds. The molecule has 124 valence electrons. The number of aromatic nitrogens is 1. The van der Waals surface area contributed by atoms with Crippen molar-refractivity contribution in [3.05, 3.63) is 40.9 Å². The lowest BCUT2D eigenvalue weighted by Crippen LogP contribution is -2.31. The number of rotatable bonds is 7. The number of hydrogen-bond donors (Lipinski definition) is 2. The number of anilines is 2. The lowest BCUT2D eigenvalue weighted by atomic mass is 10.2. The van der Waals surface area contributed by atoms with Crippen molar-refractivity contribution in [2.75, 3.05) is 11.5 Å². The smallest absolute Gasteiger partial charge is 0.230 e. The molecule has 0 aliphatic rings. The van der Waals surface area contributed by atoms with Crippen LogP contribution in [-0.2, 0) is 11.3 Å². The molecule has 0 saturated heterocycles. The van der Waals surface area contributed by atoms with Gasteiger partial charge >= 0.3 is 0 Å². The highest BCUT2D eigenvalue weighted by atomic mass is 32.1. The second-order valence-corrected chi connectivity index (χ2v) is 6.32. The topological polar surface area (TPSA) is 65.5 Å². The highest BCUT2D eigenvalue weighted by molar-refractivity contribution is 7.14. The summed E-state index contributed by atoms with van der Waals surface area (Å²) in [5, 5.41) is 15.1. The van der Waals surface area contributed by atoms with Crippen LogP contribution in [0, 0.1) is 6.92 Å². The number of carbonyl (C=O) groups is 1. The number of aliphatic hydroxyl groups is 1. The standard InChI is InChI=1S/C17H23N3O2S/c1-4-14(10-21)18-9-15-11-23-17(19-15)20(13(3)22)16-7-5-12(2)6-8-16/h5-8,11,14,18,21H,4,9-10H2,1-3H3. The summed E-state index contributed by atoms with van der Waals surface area (Å²) >= 11 is 1.44. The normalized spacial score (nSPS) is 12.2. The van der Waals surface area contributed by atoms with Crippen LogP contribution < -0.4 is 10.2 Å². The highest BCUT2D eigenvalue weighted by Gasteiger charge is 2.18. The lowest BCUT2D eigenvalue weighted by molar-refractivity contribution is -0.115. The average Bonchev–Trinajstić information content (AvgIpc) is 2.98. The predicted octanol–water partition coefficient (Wildman–Crippen LogP) is 3.00. The van der Waals surface area contributed by atoms with Gasteiger partial charge in [-0.05, 0) is 25.5 Å². The van der Waals surface area contributed by atoms with E-state index >= 15 is 0 Å². The minimum Gasteiger partial charge on any atom is -0.395 e. The molecule has 1 aromatic carbocycles. The number of benzene rings is 1.